The third-order valence-corrected chi connectivity index (χ3v) is 5.12. The average molecular weight is 321 g/mol. The van der Waals surface area contributed by atoms with Crippen LogP contribution in [0.25, 0.3) is 0 Å². The van der Waals surface area contributed by atoms with Crippen molar-refractivity contribution in [3.8, 4) is 12.3 Å². The third-order valence-electron chi connectivity index (χ3n) is 5.12. The van der Waals surface area contributed by atoms with E-state index in [2.05, 4.69) is 18.1 Å². The van der Waals surface area contributed by atoms with E-state index >= 15 is 0 Å². The van der Waals surface area contributed by atoms with Crippen molar-refractivity contribution in [1.29, 1.82) is 0 Å². The Morgan fingerprint density at radius 1 is 1.12 bits per heavy atom. The van der Waals surface area contributed by atoms with Crippen LogP contribution in [0.15, 0.2) is 36.4 Å². The molecular weight excluding hydrogens is 306 g/mol. The summed E-state index contributed by atoms with van der Waals surface area (Å²) in [6.07, 6.45) is 10.1. The highest BCUT2D eigenvalue weighted by Crippen LogP contribution is 2.53. The van der Waals surface area contributed by atoms with Crippen molar-refractivity contribution in [3.63, 3.8) is 0 Å². The fraction of sp³-hybridized carbons (Fsp3) is 0.316. The largest absolute Gasteiger partial charge is 0.449 e. The number of imide groups is 1. The first-order chi connectivity index (χ1) is 11.6. The molecule has 1 saturated heterocycles. The lowest BCUT2D eigenvalue weighted by Crippen LogP contribution is -2.32. The number of amides is 2. The molecule has 2 aliphatic carbocycles. The Balaban J connectivity index is 1.57. The highest BCUT2D eigenvalue weighted by Gasteiger charge is 2.59. The summed E-state index contributed by atoms with van der Waals surface area (Å²) in [5.41, 5.74) is 0.822. The Hall–Kier alpha value is -2.87. The van der Waals surface area contributed by atoms with E-state index in [-0.39, 0.29) is 42.1 Å². The topological polar surface area (TPSA) is 63.7 Å². The van der Waals surface area contributed by atoms with E-state index in [1.54, 1.807) is 12.1 Å². The normalized spacial score (nSPS) is 29.7. The number of ether oxygens (including phenoxy) is 1. The fourth-order valence-corrected chi connectivity index (χ4v) is 4.09. The lowest BCUT2D eigenvalue weighted by molar-refractivity contribution is -0.123. The zero-order valence-electron chi connectivity index (χ0n) is 12.8. The maximum absolute atomic E-state index is 12.7. The number of hydrogen-bond acceptors (Lipinski definition) is 4. The summed E-state index contributed by atoms with van der Waals surface area (Å²) in [5.74, 6) is 1.33. The Kier molecular flexibility index (Phi) is 3.27. The fourth-order valence-electron chi connectivity index (χ4n) is 4.09. The molecule has 1 aliphatic heterocycles. The summed E-state index contributed by atoms with van der Waals surface area (Å²) in [7, 11) is 0. The first-order valence-corrected chi connectivity index (χ1v) is 7.88. The molecule has 1 aromatic rings. The molecule has 0 aromatic heterocycles. The summed E-state index contributed by atoms with van der Waals surface area (Å²) in [5, 5.41) is 0. The smallest absolute Gasteiger partial charge is 0.339 e. The van der Waals surface area contributed by atoms with Gasteiger partial charge in [0.2, 0.25) is 11.8 Å². The van der Waals surface area contributed by atoms with E-state index in [1.165, 1.54) is 17.0 Å². The van der Waals surface area contributed by atoms with Crippen molar-refractivity contribution >= 4 is 23.5 Å². The van der Waals surface area contributed by atoms with Crippen molar-refractivity contribution in [2.75, 3.05) is 11.5 Å². The van der Waals surface area contributed by atoms with Crippen LogP contribution in [-0.4, -0.2) is 24.4 Å². The van der Waals surface area contributed by atoms with E-state index in [0.717, 1.165) is 6.42 Å². The molecule has 0 radical (unpaired) electrons. The Morgan fingerprint density at radius 3 is 2.25 bits per heavy atom. The molecule has 5 heteroatoms. The molecule has 1 saturated carbocycles. The maximum atomic E-state index is 12.7. The zero-order valence-corrected chi connectivity index (χ0v) is 12.8. The standard InChI is InChI=1S/C19H15NO4/c1-2-9-24-19(23)11-5-7-14(8-6-11)20-17(21)15-12-3-4-13(10-12)16(15)18(20)22/h1,3-8,12-13,15-16H,9-10H2/t12-,13-,15+,16+/m0/s1. The third kappa shape index (κ3) is 2.00. The van der Waals surface area contributed by atoms with Crippen LogP contribution in [0.1, 0.15) is 16.8 Å². The molecule has 5 nitrogen and oxygen atoms in total. The van der Waals surface area contributed by atoms with Gasteiger partial charge in [-0.15, -0.1) is 6.42 Å². The second-order valence-electron chi connectivity index (χ2n) is 6.34. The second-order valence-corrected chi connectivity index (χ2v) is 6.34. The number of allylic oxidation sites excluding steroid dienone is 2. The van der Waals surface area contributed by atoms with Gasteiger partial charge in [0.05, 0.1) is 23.1 Å². The summed E-state index contributed by atoms with van der Waals surface area (Å²) in [6, 6.07) is 6.27. The van der Waals surface area contributed by atoms with Crippen LogP contribution in [0.3, 0.4) is 0 Å². The molecule has 1 aromatic carbocycles. The molecule has 0 N–H and O–H groups in total. The van der Waals surface area contributed by atoms with Gasteiger partial charge in [0.25, 0.3) is 0 Å². The van der Waals surface area contributed by atoms with Crippen LogP contribution in [0.2, 0.25) is 0 Å². The molecule has 2 amide bonds. The number of benzene rings is 1. The quantitative estimate of drug-likeness (QED) is 0.368. The van der Waals surface area contributed by atoms with Crippen molar-refractivity contribution in [1.82, 2.24) is 0 Å². The average Bonchev–Trinajstić information content (AvgIpc) is 3.27. The van der Waals surface area contributed by atoms with Gasteiger partial charge < -0.3 is 4.74 Å². The molecule has 120 valence electrons. The lowest BCUT2D eigenvalue weighted by Gasteiger charge is -2.17. The molecule has 0 unspecified atom stereocenters. The molecule has 2 bridgehead atoms. The van der Waals surface area contributed by atoms with Gasteiger partial charge in [0.15, 0.2) is 6.61 Å². The molecule has 24 heavy (non-hydrogen) atoms. The summed E-state index contributed by atoms with van der Waals surface area (Å²) in [6.45, 7) is -0.0944. The second kappa shape index (κ2) is 5.34. The van der Waals surface area contributed by atoms with Crippen LogP contribution in [0.4, 0.5) is 5.69 Å². The molecule has 4 atom stereocenters. The molecular formula is C19H15NO4. The Bertz CT molecular complexity index is 772. The SMILES string of the molecule is C#CCOC(=O)c1ccc(N2C(=O)[C@H]3[C@H](C2=O)[C@H]2C=C[C@H]3C2)cc1. The molecule has 3 aliphatic rings. The molecule has 0 spiro atoms. The molecule has 1 heterocycles. The van der Waals surface area contributed by atoms with Gasteiger partial charge in [-0.3, -0.25) is 14.5 Å². The van der Waals surface area contributed by atoms with E-state index < -0.39 is 5.97 Å². The Morgan fingerprint density at radius 2 is 1.71 bits per heavy atom. The van der Waals surface area contributed by atoms with Gasteiger partial charge in [0.1, 0.15) is 0 Å². The number of fused-ring (bicyclic) bond motifs is 5. The minimum Gasteiger partial charge on any atom is -0.449 e. The van der Waals surface area contributed by atoms with Crippen LogP contribution in [0, 0.1) is 36.0 Å². The zero-order chi connectivity index (χ0) is 16.8. The number of rotatable bonds is 3. The van der Waals surface area contributed by atoms with E-state index in [0.29, 0.717) is 11.3 Å². The molecule has 4 rings (SSSR count). The number of hydrogen-bond donors (Lipinski definition) is 0. The van der Waals surface area contributed by atoms with Crippen LogP contribution >= 0.6 is 0 Å². The maximum Gasteiger partial charge on any atom is 0.339 e. The minimum atomic E-state index is -0.530. The summed E-state index contributed by atoms with van der Waals surface area (Å²) < 4.78 is 4.85. The van der Waals surface area contributed by atoms with E-state index in [9.17, 15) is 14.4 Å². The van der Waals surface area contributed by atoms with E-state index in [1.807, 2.05) is 0 Å². The van der Waals surface area contributed by atoms with Crippen molar-refractivity contribution in [2.24, 2.45) is 23.7 Å². The van der Waals surface area contributed by atoms with E-state index in [4.69, 9.17) is 11.2 Å². The van der Waals surface area contributed by atoms with Gasteiger partial charge in [-0.25, -0.2) is 4.79 Å². The van der Waals surface area contributed by atoms with Crippen LogP contribution < -0.4 is 4.90 Å². The molecule has 2 fully saturated rings. The van der Waals surface area contributed by atoms with Crippen LogP contribution in [-0.2, 0) is 14.3 Å². The number of esters is 1. The lowest BCUT2D eigenvalue weighted by atomic mass is 9.85. The summed E-state index contributed by atoms with van der Waals surface area (Å²) >= 11 is 0. The number of carbonyl (C=O) groups is 3. The van der Waals surface area contributed by atoms with Crippen LogP contribution in [0.5, 0.6) is 0 Å². The first kappa shape index (κ1) is 14.7. The van der Waals surface area contributed by atoms with Gasteiger partial charge in [0, 0.05) is 0 Å². The summed E-state index contributed by atoms with van der Waals surface area (Å²) in [4.78, 5) is 38.4. The predicted octanol–water partition coefficient (Wildman–Crippen LogP) is 1.79. The van der Waals surface area contributed by atoms with Crippen molar-refractivity contribution in [2.45, 2.75) is 6.42 Å². The van der Waals surface area contributed by atoms with Gasteiger partial charge in [-0.1, -0.05) is 18.1 Å². The highest BCUT2D eigenvalue weighted by atomic mass is 16.5. The predicted molar refractivity (Wildman–Crippen MR) is 85.8 cm³/mol. The van der Waals surface area contributed by atoms with Crippen molar-refractivity contribution < 1.29 is 19.1 Å². The number of nitrogens with zero attached hydrogens (tertiary/aromatic N) is 1. The Labute approximate surface area is 139 Å². The van der Waals surface area contributed by atoms with Crippen molar-refractivity contribution in [3.05, 3.63) is 42.0 Å². The van der Waals surface area contributed by atoms with Gasteiger partial charge in [-0.05, 0) is 42.5 Å². The minimum absolute atomic E-state index is 0.0944. The number of carbonyl (C=O) groups excluding carboxylic acids is 3. The number of terminal acetylenes is 1. The van der Waals surface area contributed by atoms with Gasteiger partial charge in [-0.2, -0.15) is 0 Å². The first-order valence-electron chi connectivity index (χ1n) is 7.88. The number of anilines is 1. The monoisotopic (exact) mass is 321 g/mol. The van der Waals surface area contributed by atoms with Gasteiger partial charge >= 0.3 is 5.97 Å². The highest BCUT2D eigenvalue weighted by molar-refractivity contribution is 6.22.